The zero-order valence-electron chi connectivity index (χ0n) is 10.5. The first-order chi connectivity index (χ1) is 8.02. The molecule has 0 aromatic heterocycles. The summed E-state index contributed by atoms with van der Waals surface area (Å²) in [6.07, 6.45) is 2.18. The van der Waals surface area contributed by atoms with E-state index in [-0.39, 0.29) is 12.4 Å². The molecule has 17 heavy (non-hydrogen) atoms. The van der Waals surface area contributed by atoms with Gasteiger partial charge >= 0.3 is 0 Å². The standard InChI is InChI=1S/C14H20FNO/c1-14(2)5-7-16(8-6-14)13-4-3-11(10-17)9-12(13)15/h3-4,9,17H,5-8,10H2,1-2H3. The van der Waals surface area contributed by atoms with Gasteiger partial charge in [0.2, 0.25) is 0 Å². The van der Waals surface area contributed by atoms with E-state index < -0.39 is 0 Å². The summed E-state index contributed by atoms with van der Waals surface area (Å²) in [5.41, 5.74) is 1.67. The van der Waals surface area contributed by atoms with Crippen LogP contribution in [0.1, 0.15) is 32.3 Å². The van der Waals surface area contributed by atoms with Crippen LogP contribution in [0.25, 0.3) is 0 Å². The molecule has 0 aliphatic carbocycles. The molecule has 2 nitrogen and oxygen atoms in total. The molecule has 0 saturated carbocycles. The maximum atomic E-state index is 13.9. The molecule has 0 radical (unpaired) electrons. The van der Waals surface area contributed by atoms with E-state index in [1.165, 1.54) is 6.07 Å². The second-order valence-corrected chi connectivity index (χ2v) is 5.60. The summed E-state index contributed by atoms with van der Waals surface area (Å²) < 4.78 is 13.9. The first-order valence-electron chi connectivity index (χ1n) is 6.16. The molecule has 1 aliphatic rings. The average molecular weight is 237 g/mol. The predicted octanol–water partition coefficient (Wildman–Crippen LogP) is 2.94. The van der Waals surface area contributed by atoms with E-state index in [0.717, 1.165) is 25.9 Å². The Morgan fingerprint density at radius 2 is 1.94 bits per heavy atom. The minimum Gasteiger partial charge on any atom is -0.392 e. The van der Waals surface area contributed by atoms with Gasteiger partial charge in [0.15, 0.2) is 0 Å². The van der Waals surface area contributed by atoms with Crippen LogP contribution in [0.4, 0.5) is 10.1 Å². The third kappa shape index (κ3) is 2.78. The summed E-state index contributed by atoms with van der Waals surface area (Å²) in [6, 6.07) is 4.99. The largest absolute Gasteiger partial charge is 0.392 e. The summed E-state index contributed by atoms with van der Waals surface area (Å²) in [5.74, 6) is -0.226. The molecular weight excluding hydrogens is 217 g/mol. The number of aliphatic hydroxyl groups is 1. The number of piperidine rings is 1. The second kappa shape index (κ2) is 4.65. The molecule has 0 bridgehead atoms. The van der Waals surface area contributed by atoms with Crippen LogP contribution in [-0.4, -0.2) is 18.2 Å². The lowest BCUT2D eigenvalue weighted by molar-refractivity contribution is 0.278. The second-order valence-electron chi connectivity index (χ2n) is 5.60. The predicted molar refractivity (Wildman–Crippen MR) is 67.6 cm³/mol. The first-order valence-corrected chi connectivity index (χ1v) is 6.16. The molecule has 1 aliphatic heterocycles. The fourth-order valence-corrected chi connectivity index (χ4v) is 2.26. The van der Waals surface area contributed by atoms with Gasteiger partial charge in [-0.25, -0.2) is 4.39 Å². The maximum Gasteiger partial charge on any atom is 0.146 e. The van der Waals surface area contributed by atoms with Crippen LogP contribution in [0.3, 0.4) is 0 Å². The SMILES string of the molecule is CC1(C)CCN(c2ccc(CO)cc2F)CC1. The van der Waals surface area contributed by atoms with Gasteiger partial charge in [0, 0.05) is 13.1 Å². The molecule has 1 saturated heterocycles. The number of nitrogens with zero attached hydrogens (tertiary/aromatic N) is 1. The zero-order valence-corrected chi connectivity index (χ0v) is 10.5. The molecule has 94 valence electrons. The average Bonchev–Trinajstić information content (AvgIpc) is 2.29. The smallest absolute Gasteiger partial charge is 0.146 e. The van der Waals surface area contributed by atoms with Crippen molar-refractivity contribution in [3.8, 4) is 0 Å². The summed E-state index contributed by atoms with van der Waals surface area (Å²) >= 11 is 0. The Bertz CT molecular complexity index is 393. The van der Waals surface area contributed by atoms with E-state index in [1.807, 2.05) is 0 Å². The number of hydrogen-bond donors (Lipinski definition) is 1. The van der Waals surface area contributed by atoms with Gasteiger partial charge in [0.25, 0.3) is 0 Å². The molecule has 1 aromatic carbocycles. The molecule has 3 heteroatoms. The van der Waals surface area contributed by atoms with Crippen molar-refractivity contribution < 1.29 is 9.50 Å². The van der Waals surface area contributed by atoms with Crippen molar-refractivity contribution in [2.45, 2.75) is 33.3 Å². The molecule has 1 aromatic rings. The minimum absolute atomic E-state index is 0.107. The van der Waals surface area contributed by atoms with Crippen molar-refractivity contribution in [2.75, 3.05) is 18.0 Å². The highest BCUT2D eigenvalue weighted by molar-refractivity contribution is 5.49. The summed E-state index contributed by atoms with van der Waals surface area (Å²) in [5, 5.41) is 8.95. The maximum absolute atomic E-state index is 13.9. The van der Waals surface area contributed by atoms with Gasteiger partial charge in [-0.2, -0.15) is 0 Å². The van der Waals surface area contributed by atoms with Crippen LogP contribution in [0.15, 0.2) is 18.2 Å². The van der Waals surface area contributed by atoms with E-state index >= 15 is 0 Å². The number of halogens is 1. The van der Waals surface area contributed by atoms with E-state index in [9.17, 15) is 4.39 Å². The number of anilines is 1. The molecule has 0 spiro atoms. The molecule has 0 unspecified atom stereocenters. The summed E-state index contributed by atoms with van der Waals surface area (Å²) in [7, 11) is 0. The van der Waals surface area contributed by atoms with Gasteiger partial charge in [-0.1, -0.05) is 19.9 Å². The number of aliphatic hydroxyl groups excluding tert-OH is 1. The van der Waals surface area contributed by atoms with Gasteiger partial charge in [-0.05, 0) is 36.0 Å². The normalized spacial score (nSPS) is 19.4. The fraction of sp³-hybridized carbons (Fsp3) is 0.571. The van der Waals surface area contributed by atoms with Gasteiger partial charge < -0.3 is 10.0 Å². The Morgan fingerprint density at radius 3 is 2.47 bits per heavy atom. The highest BCUT2D eigenvalue weighted by Gasteiger charge is 2.26. The highest BCUT2D eigenvalue weighted by atomic mass is 19.1. The van der Waals surface area contributed by atoms with Crippen LogP contribution >= 0.6 is 0 Å². The fourth-order valence-electron chi connectivity index (χ4n) is 2.26. The molecule has 2 rings (SSSR count). The molecule has 1 N–H and O–H groups in total. The van der Waals surface area contributed by atoms with Gasteiger partial charge in [0.1, 0.15) is 5.82 Å². The third-order valence-electron chi connectivity index (χ3n) is 3.65. The van der Waals surface area contributed by atoms with Crippen molar-refractivity contribution in [1.82, 2.24) is 0 Å². The van der Waals surface area contributed by atoms with Crippen molar-refractivity contribution in [1.29, 1.82) is 0 Å². The Morgan fingerprint density at radius 1 is 1.29 bits per heavy atom. The van der Waals surface area contributed by atoms with Crippen molar-refractivity contribution in [3.05, 3.63) is 29.6 Å². The van der Waals surface area contributed by atoms with Gasteiger partial charge in [-0.3, -0.25) is 0 Å². The third-order valence-corrected chi connectivity index (χ3v) is 3.65. The summed E-state index contributed by atoms with van der Waals surface area (Å²) in [6.45, 7) is 6.22. The highest BCUT2D eigenvalue weighted by Crippen LogP contribution is 2.33. The number of benzene rings is 1. The Hall–Kier alpha value is -1.09. The minimum atomic E-state index is -0.226. The van der Waals surface area contributed by atoms with E-state index in [1.54, 1.807) is 12.1 Å². The van der Waals surface area contributed by atoms with E-state index in [0.29, 0.717) is 16.7 Å². The quantitative estimate of drug-likeness (QED) is 0.855. The Labute approximate surface area is 102 Å². The molecule has 0 atom stereocenters. The Kier molecular flexibility index (Phi) is 3.38. The molecular formula is C14H20FNO. The number of rotatable bonds is 2. The number of hydrogen-bond acceptors (Lipinski definition) is 2. The summed E-state index contributed by atoms with van der Waals surface area (Å²) in [4.78, 5) is 2.10. The van der Waals surface area contributed by atoms with Crippen LogP contribution in [0, 0.1) is 11.2 Å². The van der Waals surface area contributed by atoms with Gasteiger partial charge in [-0.15, -0.1) is 0 Å². The van der Waals surface area contributed by atoms with Gasteiger partial charge in [0.05, 0.1) is 12.3 Å². The van der Waals surface area contributed by atoms with Crippen molar-refractivity contribution >= 4 is 5.69 Å². The van der Waals surface area contributed by atoms with Crippen LogP contribution in [-0.2, 0) is 6.61 Å². The van der Waals surface area contributed by atoms with Crippen molar-refractivity contribution in [3.63, 3.8) is 0 Å². The molecule has 1 heterocycles. The zero-order chi connectivity index (χ0) is 12.5. The van der Waals surface area contributed by atoms with Crippen molar-refractivity contribution in [2.24, 2.45) is 5.41 Å². The van der Waals surface area contributed by atoms with Crippen LogP contribution in [0.5, 0.6) is 0 Å². The van der Waals surface area contributed by atoms with E-state index in [2.05, 4.69) is 18.7 Å². The lowest BCUT2D eigenvalue weighted by atomic mass is 9.82. The van der Waals surface area contributed by atoms with Crippen LogP contribution in [0.2, 0.25) is 0 Å². The Balaban J connectivity index is 2.13. The lowest BCUT2D eigenvalue weighted by Crippen LogP contribution is -2.37. The monoisotopic (exact) mass is 237 g/mol. The molecule has 0 amide bonds. The topological polar surface area (TPSA) is 23.5 Å². The lowest BCUT2D eigenvalue weighted by Gasteiger charge is -2.38. The van der Waals surface area contributed by atoms with Crippen LogP contribution < -0.4 is 4.90 Å². The molecule has 1 fully saturated rings. The van der Waals surface area contributed by atoms with E-state index in [4.69, 9.17) is 5.11 Å². The first kappa shape index (κ1) is 12.4.